The minimum Gasteiger partial charge on any atom is -0.488 e. The maximum atomic E-state index is 6.19. The van der Waals surface area contributed by atoms with E-state index in [4.69, 9.17) is 27.9 Å². The summed E-state index contributed by atoms with van der Waals surface area (Å²) in [6.07, 6.45) is 1.44. The molecule has 24 heavy (non-hydrogen) atoms. The molecule has 0 amide bonds. The molecular weight excluding hydrogens is 415 g/mol. The van der Waals surface area contributed by atoms with E-state index < -0.39 is 0 Å². The summed E-state index contributed by atoms with van der Waals surface area (Å²) in [7, 11) is 0. The SMILES string of the molecule is Clc1cccc(Cl)c1COc1ccc(Br)cc1CNc1ncn[nH]1. The summed E-state index contributed by atoms with van der Waals surface area (Å²) in [6, 6.07) is 11.2. The normalized spacial score (nSPS) is 10.6. The van der Waals surface area contributed by atoms with Crippen molar-refractivity contribution in [2.24, 2.45) is 0 Å². The predicted molar refractivity (Wildman–Crippen MR) is 98.6 cm³/mol. The van der Waals surface area contributed by atoms with E-state index in [1.165, 1.54) is 6.33 Å². The number of rotatable bonds is 6. The van der Waals surface area contributed by atoms with Crippen LogP contribution in [0.15, 0.2) is 47.2 Å². The lowest BCUT2D eigenvalue weighted by molar-refractivity contribution is 0.303. The third-order valence-corrected chi connectivity index (χ3v) is 4.52. The summed E-state index contributed by atoms with van der Waals surface area (Å²) in [6.45, 7) is 0.815. The van der Waals surface area contributed by atoms with Gasteiger partial charge >= 0.3 is 0 Å². The maximum Gasteiger partial charge on any atom is 0.218 e. The smallest absolute Gasteiger partial charge is 0.218 e. The average Bonchev–Trinajstić information content (AvgIpc) is 3.07. The van der Waals surface area contributed by atoms with Gasteiger partial charge in [-0.25, -0.2) is 10.1 Å². The van der Waals surface area contributed by atoms with Gasteiger partial charge in [-0.15, -0.1) is 0 Å². The summed E-state index contributed by atoms with van der Waals surface area (Å²) >= 11 is 15.8. The second kappa shape index (κ2) is 7.88. The first-order valence-corrected chi connectivity index (χ1v) is 8.61. The molecule has 2 N–H and O–H groups in total. The van der Waals surface area contributed by atoms with Gasteiger partial charge in [0.15, 0.2) is 0 Å². The van der Waals surface area contributed by atoms with E-state index in [9.17, 15) is 0 Å². The molecular formula is C16H13BrCl2N4O. The van der Waals surface area contributed by atoms with E-state index in [0.29, 0.717) is 22.5 Å². The van der Waals surface area contributed by atoms with Crippen molar-refractivity contribution in [1.82, 2.24) is 15.2 Å². The molecule has 0 bridgehead atoms. The molecule has 0 aliphatic heterocycles. The zero-order chi connectivity index (χ0) is 16.9. The van der Waals surface area contributed by atoms with Crippen LogP contribution in [0.25, 0.3) is 0 Å². The Morgan fingerprint density at radius 3 is 2.67 bits per heavy atom. The van der Waals surface area contributed by atoms with Gasteiger partial charge in [-0.1, -0.05) is 45.2 Å². The molecule has 0 aliphatic rings. The second-order valence-electron chi connectivity index (χ2n) is 4.93. The molecule has 3 aromatic rings. The Labute approximate surface area is 157 Å². The molecule has 0 spiro atoms. The van der Waals surface area contributed by atoms with E-state index >= 15 is 0 Å². The topological polar surface area (TPSA) is 62.8 Å². The quantitative estimate of drug-likeness (QED) is 0.576. The summed E-state index contributed by atoms with van der Waals surface area (Å²) in [5.41, 5.74) is 1.72. The van der Waals surface area contributed by atoms with Crippen molar-refractivity contribution in [3.8, 4) is 5.75 Å². The van der Waals surface area contributed by atoms with Gasteiger partial charge in [-0.2, -0.15) is 5.10 Å². The lowest BCUT2D eigenvalue weighted by Crippen LogP contribution is -2.05. The van der Waals surface area contributed by atoms with Gasteiger partial charge in [0.25, 0.3) is 0 Å². The van der Waals surface area contributed by atoms with E-state index in [0.717, 1.165) is 21.3 Å². The third kappa shape index (κ3) is 4.20. The first kappa shape index (κ1) is 17.1. The van der Waals surface area contributed by atoms with Crippen LogP contribution in [0.3, 0.4) is 0 Å². The molecule has 0 saturated heterocycles. The van der Waals surface area contributed by atoms with Gasteiger partial charge in [0, 0.05) is 32.2 Å². The van der Waals surface area contributed by atoms with Crippen molar-refractivity contribution in [2.45, 2.75) is 13.2 Å². The van der Waals surface area contributed by atoms with E-state index in [1.807, 2.05) is 18.2 Å². The van der Waals surface area contributed by atoms with Crippen molar-refractivity contribution >= 4 is 45.1 Å². The minimum atomic E-state index is 0.287. The number of aromatic nitrogens is 3. The van der Waals surface area contributed by atoms with Gasteiger partial charge in [-0.3, -0.25) is 0 Å². The number of nitrogens with one attached hydrogen (secondary N) is 2. The third-order valence-electron chi connectivity index (χ3n) is 3.32. The van der Waals surface area contributed by atoms with Crippen LogP contribution < -0.4 is 10.1 Å². The van der Waals surface area contributed by atoms with Crippen LogP contribution >= 0.6 is 39.1 Å². The first-order chi connectivity index (χ1) is 11.6. The number of anilines is 1. The fourth-order valence-corrected chi connectivity index (χ4v) is 3.03. The zero-order valence-corrected chi connectivity index (χ0v) is 15.5. The van der Waals surface area contributed by atoms with E-state index in [2.05, 4.69) is 36.4 Å². The predicted octanol–water partition coefficient (Wildman–Crippen LogP) is 5.07. The Morgan fingerprint density at radius 2 is 1.96 bits per heavy atom. The average molecular weight is 428 g/mol. The molecule has 0 aliphatic carbocycles. The molecule has 1 heterocycles. The molecule has 8 heteroatoms. The molecule has 0 fully saturated rings. The number of halogens is 3. The fraction of sp³-hybridized carbons (Fsp3) is 0.125. The molecule has 3 rings (SSSR count). The Kier molecular flexibility index (Phi) is 5.60. The minimum absolute atomic E-state index is 0.287. The standard InChI is InChI=1S/C16H13BrCl2N4O/c17-11-4-5-15(10(6-11)7-20-16-21-9-22-23-16)24-8-12-13(18)2-1-3-14(12)19/h1-6,9H,7-8H2,(H2,20,21,22,23). The number of hydrogen-bond acceptors (Lipinski definition) is 4. The van der Waals surface area contributed by atoms with Gasteiger partial charge in [0.1, 0.15) is 18.7 Å². The molecule has 5 nitrogen and oxygen atoms in total. The highest BCUT2D eigenvalue weighted by atomic mass is 79.9. The fourth-order valence-electron chi connectivity index (χ4n) is 2.12. The van der Waals surface area contributed by atoms with Gasteiger partial charge < -0.3 is 10.1 Å². The summed E-state index contributed by atoms with van der Waals surface area (Å²) in [5.74, 6) is 1.33. The maximum absolute atomic E-state index is 6.19. The highest BCUT2D eigenvalue weighted by Crippen LogP contribution is 2.28. The molecule has 0 radical (unpaired) electrons. The van der Waals surface area contributed by atoms with Gasteiger partial charge in [0.05, 0.1) is 0 Å². The van der Waals surface area contributed by atoms with Crippen molar-refractivity contribution < 1.29 is 4.74 Å². The summed E-state index contributed by atoms with van der Waals surface area (Å²) < 4.78 is 6.89. The Balaban J connectivity index is 1.75. The first-order valence-electron chi connectivity index (χ1n) is 7.07. The van der Waals surface area contributed by atoms with Crippen molar-refractivity contribution in [3.63, 3.8) is 0 Å². The monoisotopic (exact) mass is 426 g/mol. The van der Waals surface area contributed by atoms with E-state index in [1.54, 1.807) is 18.2 Å². The molecule has 124 valence electrons. The molecule has 2 aromatic carbocycles. The largest absolute Gasteiger partial charge is 0.488 e. The number of H-pyrrole nitrogens is 1. The molecule has 0 saturated carbocycles. The van der Waals surface area contributed by atoms with Gasteiger partial charge in [0.2, 0.25) is 5.95 Å². The highest BCUT2D eigenvalue weighted by molar-refractivity contribution is 9.10. The van der Waals surface area contributed by atoms with Crippen molar-refractivity contribution in [3.05, 3.63) is 68.4 Å². The Hall–Kier alpha value is -1.76. The number of benzene rings is 2. The zero-order valence-electron chi connectivity index (χ0n) is 12.4. The van der Waals surface area contributed by atoms with Crippen LogP contribution in [0, 0.1) is 0 Å². The van der Waals surface area contributed by atoms with E-state index in [-0.39, 0.29) is 6.61 Å². The van der Waals surface area contributed by atoms with Crippen LogP contribution in [0.2, 0.25) is 10.0 Å². The summed E-state index contributed by atoms with van der Waals surface area (Å²) in [4.78, 5) is 4.03. The van der Waals surface area contributed by atoms with Crippen LogP contribution in [0.1, 0.15) is 11.1 Å². The van der Waals surface area contributed by atoms with Crippen molar-refractivity contribution in [2.75, 3.05) is 5.32 Å². The van der Waals surface area contributed by atoms with Crippen LogP contribution in [0.4, 0.5) is 5.95 Å². The van der Waals surface area contributed by atoms with Gasteiger partial charge in [-0.05, 0) is 30.3 Å². The summed E-state index contributed by atoms with van der Waals surface area (Å²) in [5, 5.41) is 10.9. The molecule has 1 aromatic heterocycles. The number of nitrogens with zero attached hydrogens (tertiary/aromatic N) is 2. The number of aromatic amines is 1. The van der Waals surface area contributed by atoms with Crippen LogP contribution in [-0.4, -0.2) is 15.2 Å². The molecule has 0 atom stereocenters. The van der Waals surface area contributed by atoms with Crippen molar-refractivity contribution in [1.29, 1.82) is 0 Å². The van der Waals surface area contributed by atoms with Crippen LogP contribution in [0.5, 0.6) is 5.75 Å². The Morgan fingerprint density at radius 1 is 1.17 bits per heavy atom. The second-order valence-corrected chi connectivity index (χ2v) is 6.66. The highest BCUT2D eigenvalue weighted by Gasteiger charge is 2.10. The number of ether oxygens (including phenoxy) is 1. The lowest BCUT2D eigenvalue weighted by atomic mass is 10.2. The molecule has 0 unspecified atom stereocenters. The van der Waals surface area contributed by atoms with Crippen LogP contribution in [-0.2, 0) is 13.2 Å². The number of hydrogen-bond donors (Lipinski definition) is 2. The lowest BCUT2D eigenvalue weighted by Gasteiger charge is -2.14. The Bertz CT molecular complexity index is 807.